The lowest BCUT2D eigenvalue weighted by atomic mass is 10.0. The van der Waals surface area contributed by atoms with Gasteiger partial charge in [0.1, 0.15) is 10.8 Å². The number of nitrogens with zero attached hydrogens (tertiary/aromatic N) is 6. The number of rotatable bonds is 6. The van der Waals surface area contributed by atoms with Gasteiger partial charge in [-0.25, -0.2) is 15.0 Å². The number of nitrogens with one attached hydrogen (secondary N) is 2. The third-order valence-electron chi connectivity index (χ3n) is 4.81. The van der Waals surface area contributed by atoms with Gasteiger partial charge in [-0.3, -0.25) is 4.98 Å². The van der Waals surface area contributed by atoms with Gasteiger partial charge in [-0.15, -0.1) is 0 Å². The number of anilines is 2. The maximum Gasteiger partial charge on any atom is 0.232 e. The fourth-order valence-corrected chi connectivity index (χ4v) is 4.22. The van der Waals surface area contributed by atoms with Crippen molar-refractivity contribution in [2.45, 2.75) is 36.5 Å². The molecule has 0 amide bonds. The molecule has 1 aliphatic heterocycles. The number of pyridine rings is 1. The van der Waals surface area contributed by atoms with Crippen LogP contribution in [0.4, 0.5) is 11.8 Å². The molecule has 3 aromatic rings. The van der Waals surface area contributed by atoms with E-state index in [1.165, 1.54) is 18.2 Å². The van der Waals surface area contributed by atoms with E-state index in [1.807, 2.05) is 18.2 Å². The molecule has 0 radical (unpaired) electrons. The summed E-state index contributed by atoms with van der Waals surface area (Å²) in [5, 5.41) is 8.17. The van der Waals surface area contributed by atoms with Crippen LogP contribution in [0.25, 0.3) is 0 Å². The fourth-order valence-electron chi connectivity index (χ4n) is 3.34. The molecule has 0 aliphatic carbocycles. The lowest BCUT2D eigenvalue weighted by molar-refractivity contribution is 0.444. The molecule has 4 rings (SSSR count). The Labute approximate surface area is 191 Å². The summed E-state index contributed by atoms with van der Waals surface area (Å²) < 4.78 is 0. The van der Waals surface area contributed by atoms with E-state index in [4.69, 9.17) is 17.2 Å². The highest BCUT2D eigenvalue weighted by Crippen LogP contribution is 2.29. The van der Waals surface area contributed by atoms with Crippen LogP contribution in [0.3, 0.4) is 0 Å². The van der Waals surface area contributed by atoms with Gasteiger partial charge in [0.2, 0.25) is 5.95 Å². The minimum absolute atomic E-state index is 0.456. The molecule has 10 heteroatoms. The Bertz CT molecular complexity index is 1000. The van der Waals surface area contributed by atoms with Crippen LogP contribution >= 0.6 is 24.0 Å². The van der Waals surface area contributed by atoms with Crippen molar-refractivity contribution >= 4 is 40.9 Å². The molecule has 0 bridgehead atoms. The summed E-state index contributed by atoms with van der Waals surface area (Å²) in [6.45, 7) is 4.81. The summed E-state index contributed by atoms with van der Waals surface area (Å²) in [5.41, 5.74) is 1.04. The molecule has 1 fully saturated rings. The normalized spacial score (nSPS) is 16.0. The van der Waals surface area contributed by atoms with E-state index in [1.54, 1.807) is 30.9 Å². The number of piperidine rings is 1. The first-order chi connectivity index (χ1) is 15.2. The molecule has 0 unspecified atom stereocenters. The van der Waals surface area contributed by atoms with Crippen LogP contribution in [-0.4, -0.2) is 43.1 Å². The molecule has 1 atom stereocenters. The fraction of sp³-hybridized carbons (Fsp3) is 0.333. The minimum Gasteiger partial charge on any atom is -0.358 e. The van der Waals surface area contributed by atoms with Crippen LogP contribution in [0, 0.1) is 5.92 Å². The molecule has 4 heterocycles. The molecule has 0 saturated carbocycles. The zero-order valence-electron chi connectivity index (χ0n) is 17.2. The van der Waals surface area contributed by atoms with Crippen LogP contribution in [0.2, 0.25) is 0 Å². The first kappa shape index (κ1) is 21.4. The first-order valence-corrected chi connectivity index (χ1v) is 11.4. The van der Waals surface area contributed by atoms with Crippen molar-refractivity contribution in [2.75, 3.05) is 23.3 Å². The van der Waals surface area contributed by atoms with E-state index in [-0.39, 0.29) is 0 Å². The Morgan fingerprint density at radius 3 is 2.87 bits per heavy atom. The second kappa shape index (κ2) is 10.5. The number of thiocarbonyl (C=S) groups is 1. The van der Waals surface area contributed by atoms with Crippen molar-refractivity contribution in [1.29, 1.82) is 0 Å². The van der Waals surface area contributed by atoms with E-state index >= 15 is 0 Å². The summed E-state index contributed by atoms with van der Waals surface area (Å²) >= 11 is 6.86. The van der Waals surface area contributed by atoms with Gasteiger partial charge in [0.05, 0.1) is 0 Å². The lowest BCUT2D eigenvalue weighted by Crippen LogP contribution is -2.35. The van der Waals surface area contributed by atoms with Gasteiger partial charge in [-0.05, 0) is 60.4 Å². The highest BCUT2D eigenvalue weighted by Gasteiger charge is 2.20. The summed E-state index contributed by atoms with van der Waals surface area (Å²) in [5.74, 6) is 1.98. The van der Waals surface area contributed by atoms with Crippen LogP contribution < -0.4 is 15.5 Å². The molecule has 3 aromatic heterocycles. The molecular weight excluding hydrogens is 428 g/mol. The number of hydrogen-bond acceptors (Lipinski definition) is 8. The van der Waals surface area contributed by atoms with Crippen molar-refractivity contribution in [1.82, 2.24) is 30.2 Å². The van der Waals surface area contributed by atoms with Gasteiger partial charge in [0.15, 0.2) is 10.3 Å². The topological polar surface area (TPSA) is 91.8 Å². The maximum absolute atomic E-state index is 5.46. The Morgan fingerprint density at radius 2 is 2.10 bits per heavy atom. The Kier molecular flexibility index (Phi) is 7.21. The highest BCUT2D eigenvalue weighted by atomic mass is 32.2. The van der Waals surface area contributed by atoms with E-state index in [0.717, 1.165) is 35.9 Å². The quantitative estimate of drug-likeness (QED) is 0.329. The van der Waals surface area contributed by atoms with Crippen LogP contribution in [0.1, 0.15) is 25.3 Å². The lowest BCUT2D eigenvalue weighted by Gasteiger charge is -2.32. The van der Waals surface area contributed by atoms with E-state index in [2.05, 4.69) is 42.4 Å². The largest absolute Gasteiger partial charge is 0.358 e. The summed E-state index contributed by atoms with van der Waals surface area (Å²) in [6.07, 6.45) is 9.40. The van der Waals surface area contributed by atoms with Crippen LogP contribution in [0.15, 0.2) is 59.2 Å². The second-order valence-corrected chi connectivity index (χ2v) is 8.78. The second-order valence-electron chi connectivity index (χ2n) is 7.38. The molecular formula is C21H24N8S2. The maximum atomic E-state index is 5.46. The van der Waals surface area contributed by atoms with Crippen molar-refractivity contribution in [3.8, 4) is 0 Å². The Balaban J connectivity index is 1.51. The number of hydrogen-bond donors (Lipinski definition) is 2. The smallest absolute Gasteiger partial charge is 0.232 e. The van der Waals surface area contributed by atoms with E-state index in [9.17, 15) is 0 Å². The van der Waals surface area contributed by atoms with Crippen molar-refractivity contribution in [3.63, 3.8) is 0 Å². The molecule has 31 heavy (non-hydrogen) atoms. The average Bonchev–Trinajstić information content (AvgIpc) is 2.79. The van der Waals surface area contributed by atoms with Gasteiger partial charge in [0, 0.05) is 50.5 Å². The summed E-state index contributed by atoms with van der Waals surface area (Å²) in [7, 11) is 0. The predicted octanol–water partition coefficient (Wildman–Crippen LogP) is 3.54. The summed E-state index contributed by atoms with van der Waals surface area (Å²) in [6, 6.07) is 7.68. The molecule has 0 aromatic carbocycles. The van der Waals surface area contributed by atoms with E-state index < -0.39 is 0 Å². The molecule has 8 nitrogen and oxygen atoms in total. The average molecular weight is 453 g/mol. The van der Waals surface area contributed by atoms with Crippen molar-refractivity contribution < 1.29 is 0 Å². The zero-order valence-corrected chi connectivity index (χ0v) is 18.9. The van der Waals surface area contributed by atoms with Crippen molar-refractivity contribution in [3.05, 3.63) is 54.6 Å². The molecule has 2 N–H and O–H groups in total. The first-order valence-electron chi connectivity index (χ1n) is 10.2. The Hall–Kier alpha value is -2.85. The molecule has 160 valence electrons. The van der Waals surface area contributed by atoms with Gasteiger partial charge in [-0.2, -0.15) is 4.98 Å². The number of aromatic nitrogens is 5. The summed E-state index contributed by atoms with van der Waals surface area (Å²) in [4.78, 5) is 24.4. The minimum atomic E-state index is 0.456. The third-order valence-corrected chi connectivity index (χ3v) is 5.87. The van der Waals surface area contributed by atoms with Crippen LogP contribution in [0.5, 0.6) is 0 Å². The SMILES string of the molecule is C[C@H]1CCCN(c2cc(Sc3ncccn3)nc(NC(=S)NCc3cccnc3)n2)C1. The molecule has 0 spiro atoms. The molecule has 1 saturated heterocycles. The van der Waals surface area contributed by atoms with Gasteiger partial charge >= 0.3 is 0 Å². The van der Waals surface area contributed by atoms with Crippen LogP contribution in [-0.2, 0) is 6.54 Å². The standard InChI is InChI=1S/C21H24N8S2/c1-15-5-3-10-29(14-15)17-11-18(31-21-23-8-4-9-24-21)27-19(26-17)28-20(30)25-13-16-6-2-7-22-12-16/h2,4,6-9,11-12,15H,3,5,10,13-14H2,1H3,(H2,25,26,27,28,30)/t15-/m0/s1. The van der Waals surface area contributed by atoms with E-state index in [0.29, 0.717) is 28.7 Å². The van der Waals surface area contributed by atoms with Gasteiger partial charge in [0.25, 0.3) is 0 Å². The molecule has 1 aliphatic rings. The third kappa shape index (κ3) is 6.31. The highest BCUT2D eigenvalue weighted by molar-refractivity contribution is 7.99. The predicted molar refractivity (Wildman–Crippen MR) is 126 cm³/mol. The van der Waals surface area contributed by atoms with Gasteiger partial charge in [-0.1, -0.05) is 13.0 Å². The Morgan fingerprint density at radius 1 is 1.23 bits per heavy atom. The zero-order chi connectivity index (χ0) is 21.5. The monoisotopic (exact) mass is 452 g/mol. The van der Waals surface area contributed by atoms with Crippen molar-refractivity contribution in [2.24, 2.45) is 5.92 Å². The van der Waals surface area contributed by atoms with Gasteiger partial charge < -0.3 is 15.5 Å².